The van der Waals surface area contributed by atoms with Gasteiger partial charge in [0.05, 0.1) is 23.7 Å². The van der Waals surface area contributed by atoms with E-state index in [1.54, 1.807) is 6.20 Å². The Kier molecular flexibility index (Phi) is 11.5. The maximum absolute atomic E-state index is 13.5. The van der Waals surface area contributed by atoms with E-state index in [1.807, 2.05) is 25.1 Å². The number of sulfone groups is 1. The van der Waals surface area contributed by atoms with Gasteiger partial charge in [-0.1, -0.05) is 65.0 Å². The van der Waals surface area contributed by atoms with Crippen LogP contribution in [0.5, 0.6) is 5.88 Å². The number of rotatable bonds is 11. The van der Waals surface area contributed by atoms with Gasteiger partial charge < -0.3 is 19.9 Å². The number of carbonyl (C=O) groups excluding carboxylic acids is 1. The maximum Gasteiger partial charge on any atom is 0.315 e. The fraction of sp³-hybridized carbons (Fsp3) is 0.765. The average Bonchev–Trinajstić information content (AvgIpc) is 3.59. The highest BCUT2D eigenvalue weighted by atomic mass is 32.2. The number of fused-ring (bicyclic) bond motifs is 7. The number of allylic oxidation sites excluding steroid dienone is 5. The van der Waals surface area contributed by atoms with Gasteiger partial charge in [-0.3, -0.25) is 4.79 Å². The molecule has 1 aromatic rings. The first-order valence-electron chi connectivity index (χ1n) is 23.7. The lowest BCUT2D eigenvalue weighted by Crippen LogP contribution is -2.68. The number of nitrogens with zero attached hydrogens (tertiary/aromatic N) is 1. The van der Waals surface area contributed by atoms with Crippen molar-refractivity contribution >= 4 is 15.8 Å². The summed E-state index contributed by atoms with van der Waals surface area (Å²) in [7, 11) is -3.03. The van der Waals surface area contributed by atoms with Gasteiger partial charge in [-0.2, -0.15) is 0 Å². The normalized spacial score (nSPS) is 41.3. The van der Waals surface area contributed by atoms with Crippen molar-refractivity contribution in [3.8, 4) is 5.88 Å². The molecule has 5 fully saturated rings. The van der Waals surface area contributed by atoms with Crippen LogP contribution in [0.2, 0.25) is 0 Å². The van der Waals surface area contributed by atoms with Crippen LogP contribution < -0.4 is 10.1 Å². The highest BCUT2D eigenvalue weighted by molar-refractivity contribution is 7.91. The molecule has 0 amide bonds. The third-order valence-electron chi connectivity index (χ3n) is 19.3. The number of hydrogen-bond donors (Lipinski definition) is 2. The van der Waals surface area contributed by atoms with Gasteiger partial charge >= 0.3 is 5.97 Å². The number of aromatic nitrogens is 1. The molecule has 60 heavy (non-hydrogen) atoms. The van der Waals surface area contributed by atoms with Crippen LogP contribution in [0.15, 0.2) is 59.8 Å². The molecule has 1 aliphatic heterocycles. The van der Waals surface area contributed by atoms with Crippen LogP contribution in [0.25, 0.3) is 0 Å². The SMILES string of the molecule is C=C(C)[C@@H]1CC[C@]2(NCCC3(O)CCS(=O)(=O)CC3)CC[C@]3(C)[C@H](CCC4[C@@]5(C)CC=C(C6=CCC(COc7ccccn7)(C(=O)OCC)CC6)C(C)(C)C5CC[C@]43C)C12. The number of aliphatic hydroxyl groups is 1. The van der Waals surface area contributed by atoms with Gasteiger partial charge in [-0.25, -0.2) is 13.4 Å². The van der Waals surface area contributed by atoms with Crippen molar-refractivity contribution in [2.45, 2.75) is 156 Å². The molecule has 1 saturated heterocycles. The van der Waals surface area contributed by atoms with E-state index in [9.17, 15) is 18.3 Å². The zero-order valence-corrected chi connectivity index (χ0v) is 38.9. The van der Waals surface area contributed by atoms with Crippen molar-refractivity contribution in [2.24, 2.45) is 56.7 Å². The monoisotopic (exact) mass is 845 g/mol. The Labute approximate surface area is 362 Å². The Morgan fingerprint density at radius 1 is 0.917 bits per heavy atom. The summed E-state index contributed by atoms with van der Waals surface area (Å²) < 4.78 is 36.1. The van der Waals surface area contributed by atoms with E-state index in [1.165, 1.54) is 55.2 Å². The van der Waals surface area contributed by atoms with E-state index in [0.29, 0.717) is 74.2 Å². The number of esters is 1. The van der Waals surface area contributed by atoms with Crippen molar-refractivity contribution in [3.63, 3.8) is 0 Å². The summed E-state index contributed by atoms with van der Waals surface area (Å²) in [6, 6.07) is 5.62. The molecule has 6 aliphatic carbocycles. The zero-order valence-electron chi connectivity index (χ0n) is 38.0. The van der Waals surface area contributed by atoms with Crippen LogP contribution in [0.3, 0.4) is 0 Å². The molecular formula is C51H76N2O6S. The average molecular weight is 845 g/mol. The molecule has 332 valence electrons. The van der Waals surface area contributed by atoms with Gasteiger partial charge in [0, 0.05) is 17.8 Å². The van der Waals surface area contributed by atoms with Crippen LogP contribution >= 0.6 is 0 Å². The van der Waals surface area contributed by atoms with E-state index in [-0.39, 0.29) is 51.3 Å². The topological polar surface area (TPSA) is 115 Å². The van der Waals surface area contributed by atoms with Gasteiger partial charge in [0.2, 0.25) is 5.88 Å². The third kappa shape index (κ3) is 7.19. The lowest BCUT2D eigenvalue weighted by molar-refractivity contribution is -0.221. The fourth-order valence-electron chi connectivity index (χ4n) is 15.8. The van der Waals surface area contributed by atoms with Gasteiger partial charge in [0.1, 0.15) is 12.0 Å². The molecule has 9 heteroatoms. The summed E-state index contributed by atoms with van der Waals surface area (Å²) in [6.07, 6.45) is 21.0. The minimum Gasteiger partial charge on any atom is -0.476 e. The summed E-state index contributed by atoms with van der Waals surface area (Å²) in [5, 5.41) is 15.6. The first kappa shape index (κ1) is 44.1. The van der Waals surface area contributed by atoms with E-state index < -0.39 is 20.9 Å². The maximum atomic E-state index is 13.5. The number of carbonyl (C=O) groups is 1. The Morgan fingerprint density at radius 3 is 2.35 bits per heavy atom. The predicted octanol–water partition coefficient (Wildman–Crippen LogP) is 9.99. The molecule has 0 bridgehead atoms. The van der Waals surface area contributed by atoms with Crippen molar-refractivity contribution in [1.82, 2.24) is 10.3 Å². The minimum atomic E-state index is -3.03. The van der Waals surface area contributed by atoms with Gasteiger partial charge in [-0.05, 0) is 185 Å². The van der Waals surface area contributed by atoms with Crippen LogP contribution in [0.1, 0.15) is 145 Å². The van der Waals surface area contributed by atoms with Gasteiger partial charge in [0.25, 0.3) is 0 Å². The third-order valence-corrected chi connectivity index (χ3v) is 20.9. The van der Waals surface area contributed by atoms with E-state index in [0.717, 1.165) is 32.2 Å². The lowest BCUT2D eigenvalue weighted by atomic mass is 9.33. The molecule has 0 aromatic carbocycles. The van der Waals surface area contributed by atoms with Crippen LogP contribution in [-0.4, -0.2) is 66.9 Å². The highest BCUT2D eigenvalue weighted by Crippen LogP contribution is 2.76. The molecule has 4 unspecified atom stereocenters. The summed E-state index contributed by atoms with van der Waals surface area (Å²) in [5.74, 6) is 3.43. The van der Waals surface area contributed by atoms with E-state index in [2.05, 4.69) is 70.6 Å². The second-order valence-electron chi connectivity index (χ2n) is 22.3. The largest absolute Gasteiger partial charge is 0.476 e. The second kappa shape index (κ2) is 15.6. The zero-order chi connectivity index (χ0) is 43.0. The number of ether oxygens (including phenoxy) is 2. The molecule has 0 spiro atoms. The highest BCUT2D eigenvalue weighted by Gasteiger charge is 2.70. The minimum absolute atomic E-state index is 0.0149. The summed E-state index contributed by atoms with van der Waals surface area (Å²) in [4.78, 5) is 17.9. The van der Waals surface area contributed by atoms with Gasteiger partial charge in [0.15, 0.2) is 9.84 Å². The van der Waals surface area contributed by atoms with E-state index >= 15 is 0 Å². The second-order valence-corrected chi connectivity index (χ2v) is 24.6. The molecule has 10 atom stereocenters. The molecule has 4 saturated carbocycles. The number of hydrogen-bond acceptors (Lipinski definition) is 8. The van der Waals surface area contributed by atoms with Crippen molar-refractivity contribution < 1.29 is 27.8 Å². The first-order valence-corrected chi connectivity index (χ1v) is 25.5. The quantitative estimate of drug-likeness (QED) is 0.167. The molecule has 8 rings (SSSR count). The molecule has 7 aliphatic rings. The smallest absolute Gasteiger partial charge is 0.315 e. The predicted molar refractivity (Wildman–Crippen MR) is 239 cm³/mol. The molecule has 8 nitrogen and oxygen atoms in total. The molecular weight excluding hydrogens is 769 g/mol. The van der Waals surface area contributed by atoms with Crippen molar-refractivity contribution in [3.05, 3.63) is 59.8 Å². The fourth-order valence-corrected chi connectivity index (χ4v) is 17.3. The molecule has 1 aromatic heterocycles. The van der Waals surface area contributed by atoms with Crippen LogP contribution in [-0.2, 0) is 19.4 Å². The summed E-state index contributed by atoms with van der Waals surface area (Å²) in [6.45, 7) is 23.2. The molecule has 2 heterocycles. The molecule has 2 N–H and O–H groups in total. The Bertz CT molecular complexity index is 1980. The Morgan fingerprint density at radius 2 is 1.68 bits per heavy atom. The number of pyridine rings is 1. The first-order chi connectivity index (χ1) is 28.3. The summed E-state index contributed by atoms with van der Waals surface area (Å²) >= 11 is 0. The Balaban J connectivity index is 1.02. The van der Waals surface area contributed by atoms with Crippen LogP contribution in [0, 0.1) is 56.7 Å². The van der Waals surface area contributed by atoms with Gasteiger partial charge in [-0.15, -0.1) is 0 Å². The standard InChI is InChI=1S/C51H76N2O6S/c1-9-58-44(54)49(34-59-42-12-10-11-30-52-42)22-15-36(16-23-49)38-18-20-46(6)40(45(38,4)5)19-21-48(8)41(46)14-13-39-43-37(35(2)3)17-24-51(43,26-25-47(39,48)7)53-31-27-50(55)28-32-60(56,57)33-29-50/h10-12,15,18,30,37,39-41,43,53,55H,2,9,13-14,16-17,19-29,31-34H2,1,3-8H3/t37-,39+,40?,41?,43?,46-,47+,48+,49?,51-/m0/s1. The lowest BCUT2D eigenvalue weighted by Gasteiger charge is -2.72. The van der Waals surface area contributed by atoms with Crippen molar-refractivity contribution in [1.29, 1.82) is 0 Å². The van der Waals surface area contributed by atoms with Crippen LogP contribution in [0.4, 0.5) is 0 Å². The van der Waals surface area contributed by atoms with E-state index in [4.69, 9.17) is 9.47 Å². The summed E-state index contributed by atoms with van der Waals surface area (Å²) in [5.41, 5.74) is 3.35. The number of nitrogens with one attached hydrogen (secondary N) is 1. The Hall–Kier alpha value is -2.49. The molecule has 0 radical (unpaired) electrons. The van der Waals surface area contributed by atoms with Crippen molar-refractivity contribution in [2.75, 3.05) is 31.3 Å².